The Morgan fingerprint density at radius 1 is 0.969 bits per heavy atom. The van der Waals surface area contributed by atoms with Crippen molar-refractivity contribution in [3.8, 4) is 23.0 Å². The van der Waals surface area contributed by atoms with Gasteiger partial charge >= 0.3 is 5.69 Å². The molecule has 0 saturated carbocycles. The van der Waals surface area contributed by atoms with Crippen molar-refractivity contribution >= 4 is 17.3 Å². The predicted octanol–water partition coefficient (Wildman–Crippen LogP) is 3.69. The van der Waals surface area contributed by atoms with E-state index in [4.69, 9.17) is 18.9 Å². The Kier molecular flexibility index (Phi) is 6.52. The second kappa shape index (κ2) is 9.13. The van der Waals surface area contributed by atoms with Crippen LogP contribution in [0.15, 0.2) is 35.4 Å². The molecule has 0 unspecified atom stereocenters. The van der Waals surface area contributed by atoms with Crippen LogP contribution in [0.2, 0.25) is 0 Å². The van der Waals surface area contributed by atoms with Gasteiger partial charge in [-0.05, 0) is 36.2 Å². The van der Waals surface area contributed by atoms with E-state index in [0.29, 0.717) is 28.5 Å². The van der Waals surface area contributed by atoms with Gasteiger partial charge in [-0.1, -0.05) is 6.07 Å². The first-order chi connectivity index (χ1) is 15.3. The fourth-order valence-corrected chi connectivity index (χ4v) is 4.00. The molecule has 0 aromatic heterocycles. The normalized spacial score (nSPS) is 17.6. The van der Waals surface area contributed by atoms with Crippen LogP contribution >= 0.6 is 0 Å². The summed E-state index contributed by atoms with van der Waals surface area (Å²) in [5.41, 5.74) is 1.78. The maximum absolute atomic E-state index is 12.4. The summed E-state index contributed by atoms with van der Waals surface area (Å²) in [6, 6.07) is 7.61. The first-order valence-corrected chi connectivity index (χ1v) is 9.74. The Bertz CT molecular complexity index is 1060. The van der Waals surface area contributed by atoms with Crippen molar-refractivity contribution in [2.24, 2.45) is 5.10 Å². The van der Waals surface area contributed by atoms with E-state index in [2.05, 4.69) is 5.10 Å². The van der Waals surface area contributed by atoms with Crippen LogP contribution in [-0.4, -0.2) is 50.0 Å². The Labute approximate surface area is 185 Å². The van der Waals surface area contributed by atoms with Crippen LogP contribution in [0.4, 0.5) is 5.69 Å². The molecule has 0 radical (unpaired) electrons. The molecule has 32 heavy (non-hydrogen) atoms. The number of carbonyl (C=O) groups is 1. The SMILES string of the molecule is COc1ccc([C@H]2[C@H](c3cc(OC)c(OC)c(OC)c3)C(C)=NN2C(C)=O)cc1[N+](=O)[O-]. The van der Waals surface area contributed by atoms with Gasteiger partial charge in [0, 0.05) is 18.7 Å². The van der Waals surface area contributed by atoms with E-state index in [1.54, 1.807) is 18.2 Å². The molecule has 10 heteroatoms. The monoisotopic (exact) mass is 443 g/mol. The number of nitro groups is 1. The smallest absolute Gasteiger partial charge is 0.311 e. The van der Waals surface area contributed by atoms with Gasteiger partial charge in [0.25, 0.3) is 0 Å². The molecule has 0 bridgehead atoms. The lowest BCUT2D eigenvalue weighted by Crippen LogP contribution is -2.28. The van der Waals surface area contributed by atoms with Crippen molar-refractivity contribution in [2.45, 2.75) is 25.8 Å². The number of rotatable bonds is 7. The van der Waals surface area contributed by atoms with E-state index in [1.165, 1.54) is 52.5 Å². The van der Waals surface area contributed by atoms with Crippen LogP contribution in [0.1, 0.15) is 36.9 Å². The molecule has 0 spiro atoms. The molecule has 1 aliphatic rings. The minimum absolute atomic E-state index is 0.132. The molecular formula is C22H25N3O7. The third-order valence-electron chi connectivity index (χ3n) is 5.40. The second-order valence-corrected chi connectivity index (χ2v) is 7.17. The van der Waals surface area contributed by atoms with Crippen molar-refractivity contribution in [3.05, 3.63) is 51.6 Å². The Balaban J connectivity index is 2.21. The largest absolute Gasteiger partial charge is 0.493 e. The van der Waals surface area contributed by atoms with Crippen molar-refractivity contribution in [3.63, 3.8) is 0 Å². The van der Waals surface area contributed by atoms with E-state index in [1.807, 2.05) is 6.92 Å². The van der Waals surface area contributed by atoms with Gasteiger partial charge in [-0.3, -0.25) is 14.9 Å². The van der Waals surface area contributed by atoms with E-state index >= 15 is 0 Å². The average molecular weight is 443 g/mol. The van der Waals surface area contributed by atoms with Gasteiger partial charge in [0.2, 0.25) is 11.7 Å². The fourth-order valence-electron chi connectivity index (χ4n) is 4.00. The summed E-state index contributed by atoms with van der Waals surface area (Å²) in [5, 5.41) is 17.4. The minimum Gasteiger partial charge on any atom is -0.493 e. The van der Waals surface area contributed by atoms with Crippen molar-refractivity contribution in [2.75, 3.05) is 28.4 Å². The molecule has 1 aliphatic heterocycles. The molecule has 2 aromatic carbocycles. The maximum atomic E-state index is 12.4. The quantitative estimate of drug-likeness (QED) is 0.474. The number of carbonyl (C=O) groups excluding carboxylic acids is 1. The highest BCUT2D eigenvalue weighted by Crippen LogP contribution is 2.48. The van der Waals surface area contributed by atoms with Gasteiger partial charge in [0.1, 0.15) is 0 Å². The molecule has 1 heterocycles. The van der Waals surface area contributed by atoms with Gasteiger partial charge in [0.15, 0.2) is 17.2 Å². The number of nitro benzene ring substituents is 1. The summed E-state index contributed by atoms with van der Waals surface area (Å²) in [6.07, 6.45) is 0. The zero-order chi connectivity index (χ0) is 23.6. The molecule has 0 saturated heterocycles. The summed E-state index contributed by atoms with van der Waals surface area (Å²) < 4.78 is 21.5. The van der Waals surface area contributed by atoms with Gasteiger partial charge in [-0.2, -0.15) is 5.10 Å². The number of nitrogens with zero attached hydrogens (tertiary/aromatic N) is 3. The molecule has 0 aliphatic carbocycles. The van der Waals surface area contributed by atoms with Crippen LogP contribution in [0, 0.1) is 10.1 Å². The number of hydrogen-bond donors (Lipinski definition) is 0. The van der Waals surface area contributed by atoms with E-state index in [9.17, 15) is 14.9 Å². The van der Waals surface area contributed by atoms with E-state index in [0.717, 1.165) is 5.56 Å². The van der Waals surface area contributed by atoms with Crippen molar-refractivity contribution in [1.29, 1.82) is 0 Å². The average Bonchev–Trinajstić information content (AvgIpc) is 3.14. The molecular weight excluding hydrogens is 418 g/mol. The Hall–Kier alpha value is -3.82. The number of benzene rings is 2. The van der Waals surface area contributed by atoms with Crippen LogP contribution in [-0.2, 0) is 4.79 Å². The molecule has 2 aromatic rings. The third-order valence-corrected chi connectivity index (χ3v) is 5.40. The van der Waals surface area contributed by atoms with Gasteiger partial charge in [0.05, 0.1) is 45.3 Å². The maximum Gasteiger partial charge on any atom is 0.311 e. The number of amides is 1. The Morgan fingerprint density at radius 3 is 2.03 bits per heavy atom. The number of ether oxygens (including phenoxy) is 4. The summed E-state index contributed by atoms with van der Waals surface area (Å²) >= 11 is 0. The number of methoxy groups -OCH3 is 4. The van der Waals surface area contributed by atoms with Crippen molar-refractivity contribution < 1.29 is 28.7 Å². The van der Waals surface area contributed by atoms with Crippen LogP contribution in [0.25, 0.3) is 0 Å². The first-order valence-electron chi connectivity index (χ1n) is 9.74. The predicted molar refractivity (Wildman–Crippen MR) is 117 cm³/mol. The van der Waals surface area contributed by atoms with Crippen LogP contribution in [0.5, 0.6) is 23.0 Å². The highest BCUT2D eigenvalue weighted by molar-refractivity contribution is 5.94. The molecule has 0 fully saturated rings. The lowest BCUT2D eigenvalue weighted by atomic mass is 9.84. The Morgan fingerprint density at radius 2 is 1.56 bits per heavy atom. The highest BCUT2D eigenvalue weighted by Gasteiger charge is 2.41. The summed E-state index contributed by atoms with van der Waals surface area (Å²) in [7, 11) is 5.91. The lowest BCUT2D eigenvalue weighted by Gasteiger charge is -2.27. The molecule has 0 N–H and O–H groups in total. The fraction of sp³-hybridized carbons (Fsp3) is 0.364. The molecule has 2 atom stereocenters. The topological polar surface area (TPSA) is 113 Å². The highest BCUT2D eigenvalue weighted by atomic mass is 16.6. The third kappa shape index (κ3) is 3.91. The number of hydrogen-bond acceptors (Lipinski definition) is 8. The molecule has 1 amide bonds. The molecule has 10 nitrogen and oxygen atoms in total. The van der Waals surface area contributed by atoms with Crippen molar-refractivity contribution in [1.82, 2.24) is 5.01 Å². The molecule has 3 rings (SSSR count). The van der Waals surface area contributed by atoms with Gasteiger partial charge in [-0.25, -0.2) is 5.01 Å². The van der Waals surface area contributed by atoms with E-state index < -0.39 is 16.9 Å². The zero-order valence-corrected chi connectivity index (χ0v) is 18.7. The molecule has 170 valence electrons. The lowest BCUT2D eigenvalue weighted by molar-refractivity contribution is -0.385. The van der Waals surface area contributed by atoms with Gasteiger partial charge < -0.3 is 18.9 Å². The zero-order valence-electron chi connectivity index (χ0n) is 18.7. The summed E-state index contributed by atoms with van der Waals surface area (Å²) in [4.78, 5) is 23.5. The van der Waals surface area contributed by atoms with E-state index in [-0.39, 0.29) is 17.3 Å². The summed E-state index contributed by atoms with van der Waals surface area (Å²) in [5.74, 6) is 0.786. The summed E-state index contributed by atoms with van der Waals surface area (Å²) in [6.45, 7) is 3.21. The standard InChI is InChI=1S/C22H25N3O7/c1-12-20(15-10-18(30-4)22(32-6)19(11-15)31-5)21(24(23-12)13(2)26)14-7-8-17(29-3)16(9-14)25(27)28/h7-11,20-21H,1-6H3/t20-,21-/m0/s1. The van der Waals surface area contributed by atoms with Crippen LogP contribution in [0.3, 0.4) is 0 Å². The van der Waals surface area contributed by atoms with Gasteiger partial charge in [-0.15, -0.1) is 0 Å². The second-order valence-electron chi connectivity index (χ2n) is 7.17. The number of hydrazone groups is 1. The van der Waals surface area contributed by atoms with Crippen LogP contribution < -0.4 is 18.9 Å². The minimum atomic E-state index is -0.611. The first kappa shape index (κ1) is 22.9.